The summed E-state index contributed by atoms with van der Waals surface area (Å²) in [6, 6.07) is 14.4. The zero-order valence-corrected chi connectivity index (χ0v) is 26.3. The van der Waals surface area contributed by atoms with Gasteiger partial charge in [-0.05, 0) is 84.6 Å². The summed E-state index contributed by atoms with van der Waals surface area (Å²) in [5, 5.41) is 23.0. The van der Waals surface area contributed by atoms with Crippen LogP contribution in [-0.2, 0) is 20.6 Å². The quantitative estimate of drug-likeness (QED) is 0.109. The topological polar surface area (TPSA) is 108 Å². The van der Waals surface area contributed by atoms with E-state index in [1.165, 1.54) is 17.2 Å². The van der Waals surface area contributed by atoms with Crippen LogP contribution >= 0.6 is 0 Å². The molecule has 6 rings (SSSR count). The second kappa shape index (κ2) is 12.5. The number of nitrogens with one attached hydrogen (secondary N) is 5. The summed E-state index contributed by atoms with van der Waals surface area (Å²) < 4.78 is 13.4. The maximum Gasteiger partial charge on any atom is 0.481 e. The normalized spacial score (nSPS) is 27.2. The molecule has 3 saturated carbocycles. The van der Waals surface area contributed by atoms with E-state index in [0.29, 0.717) is 37.3 Å². The molecule has 4 fully saturated rings. The molecule has 6 atom stereocenters. The summed E-state index contributed by atoms with van der Waals surface area (Å²) in [4.78, 5) is 13.9. The summed E-state index contributed by atoms with van der Waals surface area (Å²) in [5.41, 5.74) is 1.11. The first-order valence-corrected chi connectivity index (χ1v) is 15.9. The average Bonchev–Trinajstić information content (AvgIpc) is 3.33. The van der Waals surface area contributed by atoms with Gasteiger partial charge in [0.2, 0.25) is 5.91 Å². The van der Waals surface area contributed by atoms with Gasteiger partial charge >= 0.3 is 7.12 Å². The molecular formula is C33H50BN5O3. The fourth-order valence-corrected chi connectivity index (χ4v) is 7.62. The molecule has 0 radical (unpaired) electrons. The fourth-order valence-electron chi connectivity index (χ4n) is 7.62. The minimum atomic E-state index is -0.444. The Labute approximate surface area is 252 Å². The van der Waals surface area contributed by atoms with Gasteiger partial charge in [-0.1, -0.05) is 64.1 Å². The Bertz CT molecular complexity index is 1270. The summed E-state index contributed by atoms with van der Waals surface area (Å²) in [6.07, 6.45) is 4.50. The molecule has 4 aliphatic rings. The van der Waals surface area contributed by atoms with Gasteiger partial charge in [-0.3, -0.25) is 10.2 Å². The van der Waals surface area contributed by atoms with Crippen molar-refractivity contribution >= 4 is 29.8 Å². The SMILES string of the molecule is CNC(=N)NCCC[C@H](NCc1ccc2ccccc2c1)C(=O)N[C@@H](CC(C)C)B1O[C@@H]2C[C@@H]3C[C@@H](C3(C)C)[C@]2(C)O1. The van der Waals surface area contributed by atoms with Crippen molar-refractivity contribution in [3.05, 3.63) is 48.0 Å². The Balaban J connectivity index is 1.27. The molecule has 1 amide bonds. The molecule has 42 heavy (non-hydrogen) atoms. The first kappa shape index (κ1) is 30.8. The van der Waals surface area contributed by atoms with Crippen molar-refractivity contribution in [2.45, 2.75) is 97.0 Å². The van der Waals surface area contributed by atoms with Crippen LogP contribution in [0.4, 0.5) is 0 Å². The molecule has 8 nitrogen and oxygen atoms in total. The van der Waals surface area contributed by atoms with Crippen LogP contribution in [-0.4, -0.2) is 56.3 Å². The highest BCUT2D eigenvalue weighted by atomic mass is 16.7. The molecule has 5 N–H and O–H groups in total. The Kier molecular flexibility index (Phi) is 9.21. The molecule has 1 aliphatic heterocycles. The maximum absolute atomic E-state index is 13.9. The molecule has 1 saturated heterocycles. The Morgan fingerprint density at radius 2 is 1.88 bits per heavy atom. The van der Waals surface area contributed by atoms with Gasteiger partial charge in [0.05, 0.1) is 23.7 Å². The van der Waals surface area contributed by atoms with E-state index in [1.54, 1.807) is 7.05 Å². The minimum Gasteiger partial charge on any atom is -0.404 e. The minimum absolute atomic E-state index is 0.0259. The molecule has 228 valence electrons. The molecule has 2 bridgehead atoms. The third-order valence-electron chi connectivity index (χ3n) is 10.3. The molecule has 0 unspecified atom stereocenters. The predicted octanol–water partition coefficient (Wildman–Crippen LogP) is 4.62. The van der Waals surface area contributed by atoms with Crippen LogP contribution in [0.1, 0.15) is 72.3 Å². The van der Waals surface area contributed by atoms with Crippen molar-refractivity contribution in [1.29, 1.82) is 5.41 Å². The lowest BCUT2D eigenvalue weighted by Gasteiger charge is -2.64. The molecule has 2 aromatic rings. The zero-order valence-electron chi connectivity index (χ0n) is 26.3. The van der Waals surface area contributed by atoms with E-state index >= 15 is 0 Å². The number of hydrogen-bond acceptors (Lipinski definition) is 5. The standard InChI is InChI=1S/C33H50BN5O3/c1-21(2)16-29(34-41-28-19-25-18-27(32(25,3)4)33(28,5)42-34)39-30(40)26(12-9-15-37-31(35)36-6)38-20-22-13-14-23-10-7-8-11-24(23)17-22/h7-8,10-11,13-14,17,21,25-29,38H,9,12,15-16,18-20H2,1-6H3,(H,39,40)(H3,35,36,37)/t25-,26-,27-,28+,29-,33-/m0/s1. The van der Waals surface area contributed by atoms with E-state index in [-0.39, 0.29) is 41.0 Å². The summed E-state index contributed by atoms with van der Waals surface area (Å²) in [5.74, 6) is 1.58. The highest BCUT2D eigenvalue weighted by Gasteiger charge is 2.68. The molecular weight excluding hydrogens is 525 g/mol. The van der Waals surface area contributed by atoms with Crippen LogP contribution in [0.5, 0.6) is 0 Å². The van der Waals surface area contributed by atoms with Crippen LogP contribution in [0.2, 0.25) is 0 Å². The van der Waals surface area contributed by atoms with Crippen LogP contribution in [0.3, 0.4) is 0 Å². The van der Waals surface area contributed by atoms with Gasteiger partial charge in [0.15, 0.2) is 5.96 Å². The van der Waals surface area contributed by atoms with Crippen LogP contribution in [0, 0.1) is 28.6 Å². The Morgan fingerprint density at radius 1 is 1.12 bits per heavy atom. The van der Waals surface area contributed by atoms with Gasteiger partial charge in [-0.2, -0.15) is 0 Å². The van der Waals surface area contributed by atoms with Crippen molar-refractivity contribution in [3.63, 3.8) is 0 Å². The van der Waals surface area contributed by atoms with Gasteiger partial charge in [0.1, 0.15) is 0 Å². The molecule has 0 aromatic heterocycles. The smallest absolute Gasteiger partial charge is 0.404 e. The Hall–Kier alpha value is -2.62. The number of carbonyl (C=O) groups is 1. The number of amides is 1. The third-order valence-corrected chi connectivity index (χ3v) is 10.3. The van der Waals surface area contributed by atoms with Crippen molar-refractivity contribution in [3.8, 4) is 0 Å². The first-order chi connectivity index (χ1) is 20.0. The monoisotopic (exact) mass is 575 g/mol. The van der Waals surface area contributed by atoms with Gasteiger partial charge in [0.25, 0.3) is 0 Å². The largest absolute Gasteiger partial charge is 0.481 e. The number of fused-ring (bicyclic) bond motifs is 1. The molecule has 9 heteroatoms. The van der Waals surface area contributed by atoms with E-state index in [9.17, 15) is 4.79 Å². The van der Waals surface area contributed by atoms with E-state index in [1.807, 2.05) is 6.07 Å². The predicted molar refractivity (Wildman–Crippen MR) is 170 cm³/mol. The molecule has 1 heterocycles. The highest BCUT2D eigenvalue weighted by Crippen LogP contribution is 2.65. The zero-order chi connectivity index (χ0) is 30.1. The van der Waals surface area contributed by atoms with E-state index in [4.69, 9.17) is 14.7 Å². The van der Waals surface area contributed by atoms with Crippen molar-refractivity contribution in [2.75, 3.05) is 13.6 Å². The lowest BCUT2D eigenvalue weighted by molar-refractivity contribution is -0.199. The second-order valence-electron chi connectivity index (χ2n) is 13.9. The number of hydrogen-bond donors (Lipinski definition) is 5. The molecule has 3 aliphatic carbocycles. The van der Waals surface area contributed by atoms with Crippen molar-refractivity contribution in [1.82, 2.24) is 21.3 Å². The number of rotatable bonds is 12. The van der Waals surface area contributed by atoms with Gasteiger partial charge < -0.3 is 30.6 Å². The van der Waals surface area contributed by atoms with E-state index < -0.39 is 7.12 Å². The van der Waals surface area contributed by atoms with Crippen LogP contribution in [0.25, 0.3) is 10.8 Å². The lowest BCUT2D eigenvalue weighted by atomic mass is 9.43. The second-order valence-corrected chi connectivity index (χ2v) is 13.9. The molecule has 2 aromatic carbocycles. The number of guanidine groups is 1. The van der Waals surface area contributed by atoms with Gasteiger partial charge in [-0.15, -0.1) is 0 Å². The van der Waals surface area contributed by atoms with Gasteiger partial charge in [-0.25, -0.2) is 0 Å². The van der Waals surface area contributed by atoms with E-state index in [2.05, 4.69) is 92.3 Å². The Morgan fingerprint density at radius 3 is 2.60 bits per heavy atom. The van der Waals surface area contributed by atoms with E-state index in [0.717, 1.165) is 24.8 Å². The van der Waals surface area contributed by atoms with Crippen LogP contribution < -0.4 is 21.3 Å². The average molecular weight is 576 g/mol. The number of benzene rings is 2. The lowest BCUT2D eigenvalue weighted by Crippen LogP contribution is -2.65. The van der Waals surface area contributed by atoms with Crippen molar-refractivity contribution < 1.29 is 14.1 Å². The van der Waals surface area contributed by atoms with Gasteiger partial charge in [0, 0.05) is 20.1 Å². The maximum atomic E-state index is 13.9. The number of carbonyl (C=O) groups excluding carboxylic acids is 1. The first-order valence-electron chi connectivity index (χ1n) is 15.9. The summed E-state index contributed by atoms with van der Waals surface area (Å²) in [6.45, 7) is 12.5. The van der Waals surface area contributed by atoms with Crippen molar-refractivity contribution in [2.24, 2.45) is 23.2 Å². The molecule has 0 spiro atoms. The summed E-state index contributed by atoms with van der Waals surface area (Å²) in [7, 11) is 1.28. The fraction of sp³-hybridized carbons (Fsp3) is 0.636. The van der Waals surface area contributed by atoms with Crippen LogP contribution in [0.15, 0.2) is 42.5 Å². The third kappa shape index (κ3) is 6.34. The summed E-state index contributed by atoms with van der Waals surface area (Å²) >= 11 is 0. The highest BCUT2D eigenvalue weighted by molar-refractivity contribution is 6.47.